The summed E-state index contributed by atoms with van der Waals surface area (Å²) in [5.41, 5.74) is 2.05. The number of pyridine rings is 1. The van der Waals surface area contributed by atoms with E-state index in [0.29, 0.717) is 30.7 Å². The predicted octanol–water partition coefficient (Wildman–Crippen LogP) is 4.87. The molecule has 0 spiro atoms. The van der Waals surface area contributed by atoms with Crippen LogP contribution in [0.3, 0.4) is 0 Å². The Labute approximate surface area is 284 Å². The number of benzene rings is 1. The zero-order valence-corrected chi connectivity index (χ0v) is 29.5. The summed E-state index contributed by atoms with van der Waals surface area (Å²) < 4.78 is 32.5. The highest BCUT2D eigenvalue weighted by Gasteiger charge is 2.44. The van der Waals surface area contributed by atoms with Crippen molar-refractivity contribution in [3.05, 3.63) is 54.9 Å². The summed E-state index contributed by atoms with van der Waals surface area (Å²) in [6.45, 7) is 12.6. The molecule has 2 aromatic heterocycles. The molecular formula is C35H48N8O4S. The van der Waals surface area contributed by atoms with Crippen LogP contribution in [0.15, 0.2) is 49.3 Å². The maximum Gasteiger partial charge on any atom is 0.246 e. The van der Waals surface area contributed by atoms with Crippen molar-refractivity contribution in [1.29, 1.82) is 0 Å². The summed E-state index contributed by atoms with van der Waals surface area (Å²) in [6, 6.07) is 7.72. The van der Waals surface area contributed by atoms with E-state index in [1.54, 1.807) is 17.6 Å². The highest BCUT2D eigenvalue weighted by molar-refractivity contribution is 7.88. The van der Waals surface area contributed by atoms with Gasteiger partial charge in [-0.1, -0.05) is 12.6 Å². The Morgan fingerprint density at radius 3 is 2.52 bits per heavy atom. The fourth-order valence-electron chi connectivity index (χ4n) is 7.70. The molecule has 3 aliphatic rings. The number of amides is 1. The maximum atomic E-state index is 13.0. The van der Waals surface area contributed by atoms with Gasteiger partial charge in [0.15, 0.2) is 0 Å². The number of sulfonamides is 1. The monoisotopic (exact) mass is 676 g/mol. The fourth-order valence-corrected chi connectivity index (χ4v) is 9.20. The Hall–Kier alpha value is -3.81. The minimum absolute atomic E-state index is 0.0316. The van der Waals surface area contributed by atoms with Crippen molar-refractivity contribution in [2.24, 2.45) is 0 Å². The number of methoxy groups -OCH3 is 1. The first-order valence-corrected chi connectivity index (χ1v) is 18.8. The van der Waals surface area contributed by atoms with Gasteiger partial charge in [-0.3, -0.25) is 4.79 Å². The number of rotatable bonds is 10. The summed E-state index contributed by atoms with van der Waals surface area (Å²) in [6.07, 6.45) is 11.3. The molecule has 13 heteroatoms. The summed E-state index contributed by atoms with van der Waals surface area (Å²) in [5, 5.41) is 5.36. The Morgan fingerprint density at radius 2 is 1.85 bits per heavy atom. The van der Waals surface area contributed by atoms with Crippen molar-refractivity contribution >= 4 is 50.0 Å². The van der Waals surface area contributed by atoms with E-state index in [1.165, 1.54) is 12.3 Å². The van der Waals surface area contributed by atoms with Gasteiger partial charge >= 0.3 is 0 Å². The van der Waals surface area contributed by atoms with Crippen LogP contribution in [0.5, 0.6) is 0 Å². The molecule has 3 atom stereocenters. The van der Waals surface area contributed by atoms with Crippen LogP contribution in [0, 0.1) is 0 Å². The topological polar surface area (TPSA) is 124 Å². The van der Waals surface area contributed by atoms with Crippen LogP contribution in [0.25, 0.3) is 10.8 Å². The third-order valence-corrected chi connectivity index (χ3v) is 11.6. The number of hydrogen-bond acceptors (Lipinski definition) is 10. The molecule has 5 heterocycles. The Morgan fingerprint density at radius 1 is 1.08 bits per heavy atom. The van der Waals surface area contributed by atoms with Crippen LogP contribution in [-0.2, 0) is 19.6 Å². The normalized spacial score (nSPS) is 22.3. The molecule has 6 rings (SSSR count). The summed E-state index contributed by atoms with van der Waals surface area (Å²) >= 11 is 0. The second-order valence-electron chi connectivity index (χ2n) is 13.5. The quantitative estimate of drug-likeness (QED) is 0.298. The zero-order chi connectivity index (χ0) is 34.2. The molecule has 0 radical (unpaired) electrons. The maximum absolute atomic E-state index is 13.0. The standard InChI is InChI=1S/C35H48N8O4S/c1-7-34(44)41-17-9-8-10-29(41)26-11-12-30(42-22-31(24(42)4)43(23(2)3)48(6,45)46)28-21-37-33(20-27(26)28)38-32-13-16-36-35(39-32)40-18-14-25(47-5)15-19-40/h7,11-13,16,20-21,23-25,29,31H,1,8-10,14-15,17-19,22H2,2-6H3,(H,36,37,38,39)/t24-,29-,31+/m1/s1. The highest BCUT2D eigenvalue weighted by atomic mass is 32.2. The van der Waals surface area contributed by atoms with Crippen molar-refractivity contribution < 1.29 is 17.9 Å². The molecule has 1 N–H and O–H groups in total. The van der Waals surface area contributed by atoms with E-state index in [9.17, 15) is 13.2 Å². The first kappa shape index (κ1) is 34.1. The Balaban J connectivity index is 1.35. The van der Waals surface area contributed by atoms with E-state index in [2.05, 4.69) is 45.7 Å². The molecular weight excluding hydrogens is 629 g/mol. The lowest BCUT2D eigenvalue weighted by Gasteiger charge is -2.53. The number of fused-ring (bicyclic) bond motifs is 1. The lowest BCUT2D eigenvalue weighted by atomic mass is 9.89. The van der Waals surface area contributed by atoms with Crippen molar-refractivity contribution in [1.82, 2.24) is 24.2 Å². The van der Waals surface area contributed by atoms with Crippen molar-refractivity contribution in [2.45, 2.75) is 83.1 Å². The van der Waals surface area contributed by atoms with Crippen LogP contribution in [0.1, 0.15) is 64.5 Å². The summed E-state index contributed by atoms with van der Waals surface area (Å²) in [4.78, 5) is 33.5. The smallest absolute Gasteiger partial charge is 0.246 e. The van der Waals surface area contributed by atoms with Crippen molar-refractivity contribution in [3.63, 3.8) is 0 Å². The van der Waals surface area contributed by atoms with E-state index < -0.39 is 10.0 Å². The largest absolute Gasteiger partial charge is 0.381 e. The van der Waals surface area contributed by atoms with Gasteiger partial charge in [-0.25, -0.2) is 18.4 Å². The first-order valence-electron chi connectivity index (χ1n) is 17.0. The van der Waals surface area contributed by atoms with Gasteiger partial charge in [-0.15, -0.1) is 0 Å². The lowest BCUT2D eigenvalue weighted by Crippen LogP contribution is -2.68. The number of aromatic nitrogens is 3. The molecule has 0 saturated carbocycles. The van der Waals surface area contributed by atoms with Gasteiger partial charge in [-0.05, 0) is 88.1 Å². The molecule has 3 fully saturated rings. The fraction of sp³-hybridized carbons (Fsp3) is 0.543. The molecule has 0 unspecified atom stereocenters. The number of anilines is 4. The van der Waals surface area contributed by atoms with Crippen LogP contribution < -0.4 is 15.1 Å². The third-order valence-electron chi connectivity index (χ3n) is 10.1. The summed E-state index contributed by atoms with van der Waals surface area (Å²) in [7, 11) is -1.61. The number of carbonyl (C=O) groups excluding carboxylic acids is 1. The molecule has 1 aromatic carbocycles. The molecule has 0 bridgehead atoms. The van der Waals surface area contributed by atoms with Crippen LogP contribution in [0.4, 0.5) is 23.3 Å². The van der Waals surface area contributed by atoms with Gasteiger partial charge in [0.05, 0.1) is 24.4 Å². The van der Waals surface area contributed by atoms with Gasteiger partial charge in [-0.2, -0.15) is 9.29 Å². The molecule has 48 heavy (non-hydrogen) atoms. The van der Waals surface area contributed by atoms with Crippen molar-refractivity contribution in [2.75, 3.05) is 54.7 Å². The van der Waals surface area contributed by atoms with Crippen LogP contribution >= 0.6 is 0 Å². The molecule has 0 aliphatic carbocycles. The van der Waals surface area contributed by atoms with Crippen molar-refractivity contribution in [3.8, 4) is 0 Å². The number of hydrogen-bond donors (Lipinski definition) is 1. The zero-order valence-electron chi connectivity index (χ0n) is 28.7. The number of nitrogens with zero attached hydrogens (tertiary/aromatic N) is 7. The predicted molar refractivity (Wildman–Crippen MR) is 190 cm³/mol. The Kier molecular flexibility index (Phi) is 9.91. The van der Waals surface area contributed by atoms with Gasteiger partial charge in [0.25, 0.3) is 0 Å². The van der Waals surface area contributed by atoms with E-state index in [0.717, 1.165) is 67.2 Å². The number of carbonyl (C=O) groups is 1. The van der Waals surface area contributed by atoms with Crippen LogP contribution in [0.2, 0.25) is 0 Å². The summed E-state index contributed by atoms with van der Waals surface area (Å²) in [5.74, 6) is 1.89. The molecule has 3 aliphatic heterocycles. The SMILES string of the molecule is C=CC(=O)N1CCCC[C@@H]1c1ccc(N2C[C@H](N(C(C)C)S(C)(=O)=O)[C@H]2C)c2cnc(Nc3ccnc(N4CCC(OC)CC4)n3)cc12. The molecule has 3 saturated heterocycles. The van der Waals surface area contributed by atoms with Crippen LogP contribution in [-0.4, -0.2) is 102 Å². The number of likely N-dealkylation sites (tertiary alicyclic amines) is 1. The average Bonchev–Trinajstić information content (AvgIpc) is 3.08. The second kappa shape index (κ2) is 14.0. The molecule has 12 nitrogen and oxygen atoms in total. The number of piperidine rings is 2. The first-order chi connectivity index (χ1) is 23.0. The molecule has 1 amide bonds. The third kappa shape index (κ3) is 6.72. The van der Waals surface area contributed by atoms with Gasteiger partial charge in [0.2, 0.25) is 21.9 Å². The molecule has 3 aromatic rings. The average molecular weight is 677 g/mol. The van der Waals surface area contributed by atoms with E-state index in [-0.39, 0.29) is 36.2 Å². The van der Waals surface area contributed by atoms with E-state index in [1.807, 2.05) is 37.1 Å². The number of nitrogens with one attached hydrogen (secondary N) is 1. The van der Waals surface area contributed by atoms with Gasteiger partial charge < -0.3 is 24.8 Å². The highest BCUT2D eigenvalue weighted by Crippen LogP contribution is 2.42. The minimum Gasteiger partial charge on any atom is -0.381 e. The number of ether oxygens (including phenoxy) is 1. The minimum atomic E-state index is -3.37. The molecule has 258 valence electrons. The van der Waals surface area contributed by atoms with Gasteiger partial charge in [0, 0.05) is 68.8 Å². The lowest BCUT2D eigenvalue weighted by molar-refractivity contribution is -0.129. The van der Waals surface area contributed by atoms with E-state index >= 15 is 0 Å². The Bertz CT molecular complexity index is 1760. The van der Waals surface area contributed by atoms with E-state index in [4.69, 9.17) is 14.7 Å². The van der Waals surface area contributed by atoms with Gasteiger partial charge in [0.1, 0.15) is 11.6 Å². The second-order valence-corrected chi connectivity index (χ2v) is 15.4.